The van der Waals surface area contributed by atoms with E-state index in [0.29, 0.717) is 0 Å². The van der Waals surface area contributed by atoms with Crippen molar-refractivity contribution in [3.05, 3.63) is 252 Å². The summed E-state index contributed by atoms with van der Waals surface area (Å²) in [5.41, 5.74) is 15.6. The van der Waals surface area contributed by atoms with Crippen molar-refractivity contribution in [2.24, 2.45) is 0 Å². The first-order valence-electron chi connectivity index (χ1n) is 40.7. The van der Waals surface area contributed by atoms with E-state index >= 15 is 0 Å². The molecule has 570 valence electrons. The Bertz CT molecular complexity index is 4020. The van der Waals surface area contributed by atoms with Crippen LogP contribution in [-0.2, 0) is 60.2 Å². The number of allylic oxidation sites excluding steroid dienone is 2. The number of aryl methyl sites for hydroxylation is 2. The van der Waals surface area contributed by atoms with Crippen LogP contribution < -0.4 is 48.1 Å². The zero-order valence-electron chi connectivity index (χ0n) is 66.9. The van der Waals surface area contributed by atoms with Gasteiger partial charge in [-0.3, -0.25) is 0 Å². The van der Waals surface area contributed by atoms with Crippen molar-refractivity contribution in [1.29, 1.82) is 0 Å². The Labute approximate surface area is 685 Å². The van der Waals surface area contributed by atoms with Crippen LogP contribution in [0.3, 0.4) is 0 Å². The van der Waals surface area contributed by atoms with Crippen LogP contribution in [-0.4, -0.2) is 163 Å². The van der Waals surface area contributed by atoms with Crippen LogP contribution >= 0.6 is 0 Å². The molecule has 5 fully saturated rings. The number of ether oxygens (including phenoxy) is 10. The van der Waals surface area contributed by atoms with E-state index < -0.39 is 31.0 Å². The third-order valence-electron chi connectivity index (χ3n) is 21.8. The van der Waals surface area contributed by atoms with E-state index in [2.05, 4.69) is 246 Å². The molecule has 17 rings (SSSR count). The molecule has 0 aliphatic carbocycles. The predicted octanol–water partition coefficient (Wildman–Crippen LogP) is 13.1. The minimum atomic E-state index is -2.94. The second-order valence-electron chi connectivity index (χ2n) is 28.7. The van der Waals surface area contributed by atoms with E-state index in [9.17, 15) is 0 Å². The topological polar surface area (TPSA) is 92.3 Å². The predicted molar refractivity (Wildman–Crippen MR) is 457 cm³/mol. The Kier molecular flexibility index (Phi) is 36.8. The van der Waals surface area contributed by atoms with Gasteiger partial charge in [0.2, 0.25) is 0 Å². The van der Waals surface area contributed by atoms with Gasteiger partial charge in [0, 0.05) is 0 Å². The van der Waals surface area contributed by atoms with Gasteiger partial charge in [0.05, 0.1) is 132 Å². The van der Waals surface area contributed by atoms with E-state index in [1.807, 2.05) is 0 Å². The van der Waals surface area contributed by atoms with Crippen molar-refractivity contribution in [3.8, 4) is 21.5 Å². The average Bonchev–Trinajstić information content (AvgIpc) is 1.52. The summed E-state index contributed by atoms with van der Waals surface area (Å²) in [6.07, 6.45) is 14.0. The second-order valence-corrected chi connectivity index (χ2v) is 47.1. The maximum Gasteiger partial charge on any atom is 1.00 e. The normalized spacial score (nSPS) is 18.5. The Morgan fingerprint density at radius 2 is 0.500 bits per heavy atom. The standard InChI is InChI=1S/C74H76Si4.5C4H8O2.2Li/c1-5-9-41-63-59-45-25-29-49-67(59)75(71(63)55-33-17-13-18-34-55)77(69-51-31-27-47-61(69)65(43-11-7-3)73(77)57-37-21-15-22-38-57)53-54-78(70-52-32-28-48-62(70)66(44-12-8-4)74(78)58-39-23-16-24-40-58)76-68-50-30-26-46-60(68)64(42-10-6-2)72(76)56-35-19-14-20-36-56;5*1-2-6-4-3-5-1;;/h13-40,45-52H,5-12,41-44,53-54H2,1-4H3;5*1-4H2;;/q-2;;;;;;2*+1/t77-,78+;;;;;;;. The number of hydrogen-bond donors (Lipinski definition) is 0. The summed E-state index contributed by atoms with van der Waals surface area (Å²) in [7, 11) is -8.97. The zero-order valence-corrected chi connectivity index (χ0v) is 70.9. The van der Waals surface area contributed by atoms with Gasteiger partial charge in [-0.25, -0.2) is 15.8 Å². The molecule has 0 spiro atoms. The monoisotopic (exact) mass is 1530 g/mol. The van der Waals surface area contributed by atoms with E-state index in [4.69, 9.17) is 47.4 Å². The second kappa shape index (κ2) is 46.7. The Morgan fingerprint density at radius 1 is 0.264 bits per heavy atom. The fraction of sp³-hybridized carbons (Fsp3) is 0.404. The number of fused-ring (bicyclic) bond motifs is 4. The summed E-state index contributed by atoms with van der Waals surface area (Å²) in [5.74, 6) is 0. The van der Waals surface area contributed by atoms with E-state index in [-0.39, 0.29) is 37.7 Å². The van der Waals surface area contributed by atoms with Gasteiger partial charge in [0.15, 0.2) is 0 Å². The Morgan fingerprint density at radius 3 is 0.773 bits per heavy atom. The van der Waals surface area contributed by atoms with Gasteiger partial charge in [0.1, 0.15) is 0 Å². The number of benzene rings is 8. The molecule has 0 unspecified atom stereocenters. The first-order chi connectivity index (χ1) is 53.6. The third-order valence-corrected chi connectivity index (χ3v) is 48.6. The number of rotatable bonds is 21. The van der Waals surface area contributed by atoms with Gasteiger partial charge in [-0.05, 0) is 99.9 Å². The van der Waals surface area contributed by atoms with Crippen molar-refractivity contribution < 1.29 is 85.1 Å². The van der Waals surface area contributed by atoms with Crippen molar-refractivity contribution in [2.75, 3.05) is 132 Å². The summed E-state index contributed by atoms with van der Waals surface area (Å²) in [4.78, 5) is 3.35. The molecular weight excluding hydrogens is 1420 g/mol. The van der Waals surface area contributed by atoms with Crippen molar-refractivity contribution in [1.82, 2.24) is 0 Å². The largest absolute Gasteiger partial charge is 1.00 e. The van der Waals surface area contributed by atoms with Crippen LogP contribution in [0.2, 0.25) is 12.1 Å². The van der Waals surface area contributed by atoms with E-state index in [1.54, 1.807) is 85.3 Å². The van der Waals surface area contributed by atoms with Crippen LogP contribution in [0.25, 0.3) is 63.8 Å². The Balaban J connectivity index is 0.000000332. The van der Waals surface area contributed by atoms with Crippen LogP contribution in [0.4, 0.5) is 0 Å². The summed E-state index contributed by atoms with van der Waals surface area (Å²) >= 11 is 0. The molecule has 0 bridgehead atoms. The Hall–Kier alpha value is -5.62. The number of unbranched alkanes of at least 4 members (excludes halogenated alkanes) is 4. The van der Waals surface area contributed by atoms with Gasteiger partial charge in [-0.1, -0.05) is 338 Å². The maximum absolute atomic E-state index is 4.94. The zero-order chi connectivity index (χ0) is 74.3. The molecule has 7 aliphatic rings. The smallest absolute Gasteiger partial charge is 0.377 e. The molecule has 110 heavy (non-hydrogen) atoms. The van der Waals surface area contributed by atoms with Crippen LogP contribution in [0, 0.1) is 0 Å². The molecule has 0 amide bonds. The molecular formula is C94H116Li2O10Si4. The fourth-order valence-electron chi connectivity index (χ4n) is 17.2. The molecule has 10 nitrogen and oxygen atoms in total. The van der Waals surface area contributed by atoms with E-state index in [0.717, 1.165) is 158 Å². The van der Waals surface area contributed by atoms with Crippen LogP contribution in [0.15, 0.2) is 218 Å². The summed E-state index contributed by atoms with van der Waals surface area (Å²) in [5, 5.41) is 13.5. The molecule has 8 aromatic carbocycles. The van der Waals surface area contributed by atoms with Gasteiger partial charge in [0.25, 0.3) is 0 Å². The minimum absolute atomic E-state index is 0. The maximum atomic E-state index is 4.94. The average molecular weight is 1530 g/mol. The van der Waals surface area contributed by atoms with Crippen molar-refractivity contribution in [3.63, 3.8) is 0 Å². The molecule has 10 aromatic rings. The molecule has 16 heteroatoms. The minimum Gasteiger partial charge on any atom is -0.377 e. The first kappa shape index (κ1) is 86.8. The third kappa shape index (κ3) is 21.1. The van der Waals surface area contributed by atoms with Gasteiger partial charge in [-0.15, -0.1) is 0 Å². The van der Waals surface area contributed by atoms with Crippen LogP contribution in [0.5, 0.6) is 0 Å². The molecule has 5 saturated heterocycles. The molecule has 7 aliphatic heterocycles. The number of hydrogen-bond acceptors (Lipinski definition) is 10. The van der Waals surface area contributed by atoms with Crippen molar-refractivity contribution >= 4 is 83.7 Å². The summed E-state index contributed by atoms with van der Waals surface area (Å²) in [6.45, 7) is 25.1. The summed E-state index contributed by atoms with van der Waals surface area (Å²) < 4.78 is 49.4. The molecule has 0 radical (unpaired) electrons. The van der Waals surface area contributed by atoms with Gasteiger partial charge in [-0.2, -0.15) is 20.3 Å². The van der Waals surface area contributed by atoms with Gasteiger partial charge >= 0.3 is 37.7 Å². The van der Waals surface area contributed by atoms with Gasteiger partial charge < -0.3 is 47.4 Å². The SMILES string of the molecule is C1COCCO1.C1COCCO1.C1COCCO1.C1COCCO1.C1COCCO1.CCCCC1=C(c2ccccc2)[Si@](CC[Si@@]2([si-]3c(-c4ccccc4)c(CCCC)c4ccccc43)C(c3ccccc3)=C(CCCC)c3ccccc32)([si-]2c(-c3ccccc3)c(CCCC)c3ccccc32)c2ccccc21.[Li+].[Li+]. The summed E-state index contributed by atoms with van der Waals surface area (Å²) in [6, 6.07) is 90.5. The quantitative estimate of drug-likeness (QED) is 0.0648. The van der Waals surface area contributed by atoms with E-state index in [1.165, 1.54) is 85.7 Å². The molecule has 9 heterocycles. The first-order valence-corrected chi connectivity index (χ1v) is 50.1. The van der Waals surface area contributed by atoms with Crippen molar-refractivity contribution in [2.45, 2.75) is 117 Å². The molecule has 0 saturated carbocycles. The fourth-order valence-corrected chi connectivity index (χ4v) is 52.5. The molecule has 2 atom stereocenters. The molecule has 0 N–H and O–H groups in total. The molecule has 2 aromatic heterocycles. The van der Waals surface area contributed by atoms with Crippen LogP contribution in [0.1, 0.15) is 125 Å².